The van der Waals surface area contributed by atoms with Crippen LogP contribution in [0.1, 0.15) is 30.6 Å². The Bertz CT molecular complexity index is 509. The highest BCUT2D eigenvalue weighted by molar-refractivity contribution is 5.94. The zero-order valence-electron chi connectivity index (χ0n) is 13.8. The molecule has 0 aromatic heterocycles. The number of halogens is 1. The molecule has 0 saturated carbocycles. The Morgan fingerprint density at radius 1 is 1.22 bits per heavy atom. The normalized spacial score (nSPS) is 11.3. The lowest BCUT2D eigenvalue weighted by molar-refractivity contribution is -0.122. The van der Waals surface area contributed by atoms with Gasteiger partial charge in [-0.2, -0.15) is 0 Å². The van der Waals surface area contributed by atoms with Gasteiger partial charge in [0, 0.05) is 18.7 Å². The average Bonchev–Trinajstić information content (AvgIpc) is 2.50. The van der Waals surface area contributed by atoms with Gasteiger partial charge in [-0.3, -0.25) is 9.59 Å². The SMILES string of the molecule is COc1cccc(C(=O)NCCNC(=O)[C@@H](N)CC(C)C)c1.Cl. The van der Waals surface area contributed by atoms with Crippen LogP contribution in [0.4, 0.5) is 0 Å². The lowest BCUT2D eigenvalue weighted by atomic mass is 10.0. The molecular weight excluding hydrogens is 318 g/mol. The van der Waals surface area contributed by atoms with Gasteiger partial charge in [-0.1, -0.05) is 19.9 Å². The zero-order valence-corrected chi connectivity index (χ0v) is 14.6. The molecular formula is C16H26ClN3O3. The summed E-state index contributed by atoms with van der Waals surface area (Å²) in [5, 5.41) is 5.45. The number of carbonyl (C=O) groups is 2. The van der Waals surface area contributed by atoms with E-state index in [0.29, 0.717) is 36.7 Å². The predicted molar refractivity (Wildman–Crippen MR) is 93.0 cm³/mol. The molecule has 0 fully saturated rings. The number of nitrogens with two attached hydrogens (primary N) is 1. The number of carbonyl (C=O) groups excluding carboxylic acids is 2. The zero-order chi connectivity index (χ0) is 16.5. The second-order valence-electron chi connectivity index (χ2n) is 5.51. The van der Waals surface area contributed by atoms with Crippen LogP contribution in [-0.2, 0) is 4.79 Å². The van der Waals surface area contributed by atoms with Gasteiger partial charge >= 0.3 is 0 Å². The Morgan fingerprint density at radius 2 is 1.87 bits per heavy atom. The van der Waals surface area contributed by atoms with Crippen molar-refractivity contribution in [2.24, 2.45) is 11.7 Å². The fourth-order valence-electron chi connectivity index (χ4n) is 1.97. The van der Waals surface area contributed by atoms with Crippen LogP contribution in [0.5, 0.6) is 5.75 Å². The number of benzene rings is 1. The van der Waals surface area contributed by atoms with E-state index >= 15 is 0 Å². The van der Waals surface area contributed by atoms with Crippen LogP contribution in [0.25, 0.3) is 0 Å². The molecule has 0 aliphatic carbocycles. The summed E-state index contributed by atoms with van der Waals surface area (Å²) < 4.78 is 5.07. The fourth-order valence-corrected chi connectivity index (χ4v) is 1.97. The summed E-state index contributed by atoms with van der Waals surface area (Å²) >= 11 is 0. The number of hydrogen-bond donors (Lipinski definition) is 3. The summed E-state index contributed by atoms with van der Waals surface area (Å²) in [4.78, 5) is 23.6. The van der Waals surface area contributed by atoms with Gasteiger partial charge in [0.25, 0.3) is 5.91 Å². The minimum absolute atomic E-state index is 0. The molecule has 2 amide bonds. The van der Waals surface area contributed by atoms with Gasteiger partial charge in [0.15, 0.2) is 0 Å². The molecule has 1 rings (SSSR count). The topological polar surface area (TPSA) is 93.5 Å². The highest BCUT2D eigenvalue weighted by atomic mass is 35.5. The average molecular weight is 344 g/mol. The lowest BCUT2D eigenvalue weighted by Crippen LogP contribution is -2.44. The highest BCUT2D eigenvalue weighted by Gasteiger charge is 2.14. The number of nitrogens with one attached hydrogen (secondary N) is 2. The fraction of sp³-hybridized carbons (Fsp3) is 0.500. The van der Waals surface area contributed by atoms with E-state index in [1.165, 1.54) is 0 Å². The Balaban J connectivity index is 0.00000484. The van der Waals surface area contributed by atoms with Crippen molar-refractivity contribution in [3.05, 3.63) is 29.8 Å². The Morgan fingerprint density at radius 3 is 2.48 bits per heavy atom. The summed E-state index contributed by atoms with van der Waals surface area (Å²) in [5.41, 5.74) is 6.29. The van der Waals surface area contributed by atoms with Gasteiger partial charge < -0.3 is 21.1 Å². The minimum atomic E-state index is -0.505. The molecule has 0 spiro atoms. The summed E-state index contributed by atoms with van der Waals surface area (Å²) in [7, 11) is 1.55. The third-order valence-electron chi connectivity index (χ3n) is 3.10. The van der Waals surface area contributed by atoms with Gasteiger partial charge in [-0.05, 0) is 30.5 Å². The van der Waals surface area contributed by atoms with E-state index in [1.54, 1.807) is 31.4 Å². The quantitative estimate of drug-likeness (QED) is 0.621. The highest BCUT2D eigenvalue weighted by Crippen LogP contribution is 2.12. The number of methoxy groups -OCH3 is 1. The van der Waals surface area contributed by atoms with Gasteiger partial charge in [-0.25, -0.2) is 0 Å². The van der Waals surface area contributed by atoms with Crippen LogP contribution in [-0.4, -0.2) is 38.1 Å². The molecule has 0 bridgehead atoms. The first-order valence-electron chi connectivity index (χ1n) is 7.39. The summed E-state index contributed by atoms with van der Waals surface area (Å²) in [6.07, 6.45) is 0.641. The molecule has 23 heavy (non-hydrogen) atoms. The molecule has 0 radical (unpaired) electrons. The molecule has 130 valence electrons. The summed E-state index contributed by atoms with van der Waals surface area (Å²) in [5.74, 6) is 0.595. The Hall–Kier alpha value is -1.79. The van der Waals surface area contributed by atoms with Crippen LogP contribution >= 0.6 is 12.4 Å². The van der Waals surface area contributed by atoms with E-state index < -0.39 is 6.04 Å². The third kappa shape index (κ3) is 7.85. The van der Waals surface area contributed by atoms with E-state index in [2.05, 4.69) is 10.6 Å². The van der Waals surface area contributed by atoms with E-state index in [0.717, 1.165) is 0 Å². The summed E-state index contributed by atoms with van der Waals surface area (Å²) in [6.45, 7) is 4.72. The molecule has 7 heteroatoms. The Labute approximate surface area is 143 Å². The molecule has 1 atom stereocenters. The molecule has 1 aromatic rings. The van der Waals surface area contributed by atoms with Crippen LogP contribution < -0.4 is 21.1 Å². The first-order chi connectivity index (χ1) is 10.4. The molecule has 1 aromatic carbocycles. The monoisotopic (exact) mass is 343 g/mol. The smallest absolute Gasteiger partial charge is 0.251 e. The lowest BCUT2D eigenvalue weighted by Gasteiger charge is -2.14. The van der Waals surface area contributed by atoms with Crippen molar-refractivity contribution in [1.82, 2.24) is 10.6 Å². The number of amides is 2. The van der Waals surface area contributed by atoms with Crippen molar-refractivity contribution in [3.63, 3.8) is 0 Å². The first kappa shape index (κ1) is 21.2. The largest absolute Gasteiger partial charge is 0.497 e. The van der Waals surface area contributed by atoms with Crippen molar-refractivity contribution in [3.8, 4) is 5.75 Å². The van der Waals surface area contributed by atoms with Crippen molar-refractivity contribution >= 4 is 24.2 Å². The van der Waals surface area contributed by atoms with E-state index in [4.69, 9.17) is 10.5 Å². The van der Waals surface area contributed by atoms with Gasteiger partial charge in [0.1, 0.15) is 5.75 Å². The van der Waals surface area contributed by atoms with Crippen molar-refractivity contribution in [2.75, 3.05) is 20.2 Å². The number of rotatable bonds is 8. The van der Waals surface area contributed by atoms with Crippen LogP contribution in [0.2, 0.25) is 0 Å². The van der Waals surface area contributed by atoms with Crippen molar-refractivity contribution in [1.29, 1.82) is 0 Å². The van der Waals surface area contributed by atoms with Crippen LogP contribution in [0.15, 0.2) is 24.3 Å². The maximum Gasteiger partial charge on any atom is 0.251 e. The van der Waals surface area contributed by atoms with Gasteiger partial charge in [0.05, 0.1) is 13.2 Å². The molecule has 0 aliphatic rings. The molecule has 0 saturated heterocycles. The standard InChI is InChI=1S/C16H25N3O3.ClH/c1-11(2)9-14(17)16(21)19-8-7-18-15(20)12-5-4-6-13(10-12)22-3;/h4-6,10-11,14H,7-9,17H2,1-3H3,(H,18,20)(H,19,21);1H/t14-;/m0./s1. The second kappa shape index (κ2) is 10.9. The van der Waals surface area contributed by atoms with E-state index in [9.17, 15) is 9.59 Å². The number of ether oxygens (including phenoxy) is 1. The van der Waals surface area contributed by atoms with Gasteiger partial charge in [0.2, 0.25) is 5.91 Å². The maximum absolute atomic E-state index is 11.9. The van der Waals surface area contributed by atoms with Crippen molar-refractivity contribution in [2.45, 2.75) is 26.3 Å². The maximum atomic E-state index is 11.9. The molecule has 0 heterocycles. The molecule has 0 unspecified atom stereocenters. The van der Waals surface area contributed by atoms with Crippen LogP contribution in [0, 0.1) is 5.92 Å². The van der Waals surface area contributed by atoms with Crippen molar-refractivity contribution < 1.29 is 14.3 Å². The van der Waals surface area contributed by atoms with E-state index in [1.807, 2.05) is 13.8 Å². The first-order valence-corrected chi connectivity index (χ1v) is 7.39. The summed E-state index contributed by atoms with van der Waals surface area (Å²) in [6, 6.07) is 6.38. The molecule has 6 nitrogen and oxygen atoms in total. The van der Waals surface area contributed by atoms with E-state index in [-0.39, 0.29) is 24.2 Å². The Kier molecular flexibility index (Phi) is 10.0. The third-order valence-corrected chi connectivity index (χ3v) is 3.10. The second-order valence-corrected chi connectivity index (χ2v) is 5.51. The number of hydrogen-bond acceptors (Lipinski definition) is 4. The minimum Gasteiger partial charge on any atom is -0.497 e. The molecule has 4 N–H and O–H groups in total. The van der Waals surface area contributed by atoms with Crippen LogP contribution in [0.3, 0.4) is 0 Å². The molecule has 0 aliphatic heterocycles. The van der Waals surface area contributed by atoms with Gasteiger partial charge in [-0.15, -0.1) is 12.4 Å². The predicted octanol–water partition coefficient (Wildman–Crippen LogP) is 1.34.